The van der Waals surface area contributed by atoms with Crippen LogP contribution in [-0.2, 0) is 14.4 Å². The van der Waals surface area contributed by atoms with Crippen LogP contribution in [0, 0.1) is 31.6 Å². The maximum Gasteiger partial charge on any atom is 0.220 e. The van der Waals surface area contributed by atoms with Gasteiger partial charge in [0, 0.05) is 30.4 Å². The minimum atomic E-state index is -0.750. The minimum Gasteiger partial charge on any atom is -0.354 e. The summed E-state index contributed by atoms with van der Waals surface area (Å²) in [5.41, 5.74) is 3.46. The summed E-state index contributed by atoms with van der Waals surface area (Å²) in [7, 11) is 0. The molecule has 1 amide bonds. The maximum atomic E-state index is 12.8. The van der Waals surface area contributed by atoms with E-state index in [0.29, 0.717) is 0 Å². The Bertz CT molecular complexity index is 757. The summed E-state index contributed by atoms with van der Waals surface area (Å²) in [6, 6.07) is 3.85. The zero-order valence-electron chi connectivity index (χ0n) is 15.5. The van der Waals surface area contributed by atoms with Crippen LogP contribution in [0.3, 0.4) is 0 Å². The predicted octanol–water partition coefficient (Wildman–Crippen LogP) is 2.83. The molecule has 0 spiro atoms. The first-order valence-corrected chi connectivity index (χ1v) is 8.64. The highest BCUT2D eigenvalue weighted by Gasteiger charge is 2.43. The molecular formula is C21H25NO3. The van der Waals surface area contributed by atoms with Gasteiger partial charge >= 0.3 is 0 Å². The first kappa shape index (κ1) is 18.9. The number of amides is 1. The molecule has 1 aliphatic carbocycles. The number of aryl methyl sites for hydroxylation is 2. The Balaban J connectivity index is 2.28. The maximum absolute atomic E-state index is 12.8. The molecule has 0 radical (unpaired) electrons. The molecular weight excluding hydrogens is 314 g/mol. The number of nitrogens with one attached hydrogen (secondary N) is 1. The highest BCUT2D eigenvalue weighted by molar-refractivity contribution is 6.15. The third-order valence-electron chi connectivity index (χ3n) is 4.49. The first-order chi connectivity index (χ1) is 11.7. The van der Waals surface area contributed by atoms with Gasteiger partial charge in [-0.3, -0.25) is 14.4 Å². The number of rotatable bonds is 4. The minimum absolute atomic E-state index is 0.0206. The molecule has 1 aromatic carbocycles. The van der Waals surface area contributed by atoms with E-state index in [9.17, 15) is 14.4 Å². The van der Waals surface area contributed by atoms with Gasteiger partial charge in [0.1, 0.15) is 11.7 Å². The fourth-order valence-corrected chi connectivity index (χ4v) is 3.58. The fraction of sp³-hybridized carbons (Fsp3) is 0.476. The van der Waals surface area contributed by atoms with Gasteiger partial charge in [-0.2, -0.15) is 0 Å². The molecule has 0 aliphatic heterocycles. The fourth-order valence-electron chi connectivity index (χ4n) is 3.58. The van der Waals surface area contributed by atoms with Crippen molar-refractivity contribution in [2.75, 3.05) is 0 Å². The van der Waals surface area contributed by atoms with E-state index >= 15 is 0 Å². The van der Waals surface area contributed by atoms with Crippen LogP contribution in [0.1, 0.15) is 61.8 Å². The highest BCUT2D eigenvalue weighted by Crippen LogP contribution is 2.37. The van der Waals surface area contributed by atoms with Crippen LogP contribution in [0.15, 0.2) is 12.1 Å². The lowest BCUT2D eigenvalue weighted by molar-refractivity contribution is -0.128. The van der Waals surface area contributed by atoms with Crippen molar-refractivity contribution < 1.29 is 14.4 Å². The summed E-state index contributed by atoms with van der Waals surface area (Å²) in [6.45, 7) is 9.33. The first-order valence-electron chi connectivity index (χ1n) is 8.64. The second-order valence-electron chi connectivity index (χ2n) is 7.03. The van der Waals surface area contributed by atoms with E-state index < -0.39 is 11.8 Å². The van der Waals surface area contributed by atoms with Crippen molar-refractivity contribution in [2.45, 2.75) is 59.4 Å². The molecule has 25 heavy (non-hydrogen) atoms. The van der Waals surface area contributed by atoms with Crippen molar-refractivity contribution >= 4 is 17.5 Å². The summed E-state index contributed by atoms with van der Waals surface area (Å²) in [5, 5.41) is 2.79. The lowest BCUT2D eigenvalue weighted by Gasteiger charge is -2.16. The Kier molecular flexibility index (Phi) is 5.79. The Morgan fingerprint density at radius 1 is 1.24 bits per heavy atom. The smallest absolute Gasteiger partial charge is 0.220 e. The second-order valence-corrected chi connectivity index (χ2v) is 7.03. The van der Waals surface area contributed by atoms with Crippen molar-refractivity contribution in [3.05, 3.63) is 34.4 Å². The molecule has 132 valence electrons. The summed E-state index contributed by atoms with van der Waals surface area (Å²) in [5.74, 6) is 4.20. The van der Waals surface area contributed by atoms with Gasteiger partial charge in [-0.15, -0.1) is 5.92 Å². The van der Waals surface area contributed by atoms with Crippen molar-refractivity contribution in [1.29, 1.82) is 0 Å². The number of benzene rings is 1. The zero-order chi connectivity index (χ0) is 18.7. The molecule has 2 rings (SSSR count). The highest BCUT2D eigenvalue weighted by atomic mass is 16.2. The molecule has 0 aromatic heterocycles. The van der Waals surface area contributed by atoms with Gasteiger partial charge in [-0.25, -0.2) is 0 Å². The Morgan fingerprint density at radius 3 is 2.36 bits per heavy atom. The summed E-state index contributed by atoms with van der Waals surface area (Å²) >= 11 is 0. The van der Waals surface area contributed by atoms with Gasteiger partial charge in [0.05, 0.1) is 0 Å². The normalized spacial score (nSPS) is 19.8. The standard InChI is InChI=1S/C21H25NO3/c1-6-7-15-8-13(4)19(14(5)9-15)20-17(23)10-16(21(20)25)11-18(24)22-12(2)3/h8-9,12,16,20H,10-11H2,1-5H3,(H,22,24). The van der Waals surface area contributed by atoms with E-state index in [-0.39, 0.29) is 36.4 Å². The summed E-state index contributed by atoms with van der Waals surface area (Å²) in [6.07, 6.45) is 0.223. The van der Waals surface area contributed by atoms with Crippen LogP contribution in [0.2, 0.25) is 0 Å². The average Bonchev–Trinajstić information content (AvgIpc) is 2.73. The number of carbonyl (C=O) groups is 3. The molecule has 0 bridgehead atoms. The van der Waals surface area contributed by atoms with E-state index in [0.717, 1.165) is 22.3 Å². The van der Waals surface area contributed by atoms with Crippen molar-refractivity contribution in [3.8, 4) is 11.8 Å². The van der Waals surface area contributed by atoms with Crippen molar-refractivity contribution in [3.63, 3.8) is 0 Å². The summed E-state index contributed by atoms with van der Waals surface area (Å²) in [4.78, 5) is 37.3. The van der Waals surface area contributed by atoms with E-state index in [4.69, 9.17) is 0 Å². The average molecular weight is 339 g/mol. The Labute approximate surface area is 149 Å². The molecule has 1 aromatic rings. The van der Waals surface area contributed by atoms with Crippen LogP contribution in [0.4, 0.5) is 0 Å². The van der Waals surface area contributed by atoms with E-state index in [2.05, 4.69) is 17.2 Å². The SMILES string of the molecule is CC#Cc1cc(C)c(C2C(=O)CC(CC(=O)NC(C)C)C2=O)c(C)c1. The predicted molar refractivity (Wildman–Crippen MR) is 97.2 cm³/mol. The monoisotopic (exact) mass is 339 g/mol. The van der Waals surface area contributed by atoms with Crippen molar-refractivity contribution in [1.82, 2.24) is 5.32 Å². The lowest BCUT2D eigenvalue weighted by atomic mass is 9.86. The molecule has 1 saturated carbocycles. The topological polar surface area (TPSA) is 63.2 Å². The molecule has 1 aliphatic rings. The molecule has 1 N–H and O–H groups in total. The third kappa shape index (κ3) is 4.17. The molecule has 1 fully saturated rings. The Morgan fingerprint density at radius 2 is 1.84 bits per heavy atom. The Hall–Kier alpha value is -2.41. The molecule has 4 nitrogen and oxygen atoms in total. The number of hydrogen-bond donors (Lipinski definition) is 1. The van der Waals surface area contributed by atoms with Crippen LogP contribution in [0.5, 0.6) is 0 Å². The lowest BCUT2D eigenvalue weighted by Crippen LogP contribution is -2.32. The van der Waals surface area contributed by atoms with E-state index in [1.54, 1.807) is 6.92 Å². The molecule has 2 unspecified atom stereocenters. The molecule has 4 heteroatoms. The molecule has 0 saturated heterocycles. The molecule has 0 heterocycles. The largest absolute Gasteiger partial charge is 0.354 e. The van der Waals surface area contributed by atoms with Gasteiger partial charge in [0.2, 0.25) is 5.91 Å². The van der Waals surface area contributed by atoms with Gasteiger partial charge in [-0.05, 0) is 63.4 Å². The third-order valence-corrected chi connectivity index (χ3v) is 4.49. The van der Waals surface area contributed by atoms with Crippen LogP contribution < -0.4 is 5.32 Å². The van der Waals surface area contributed by atoms with Gasteiger partial charge in [0.25, 0.3) is 0 Å². The molecule has 2 atom stereocenters. The van der Waals surface area contributed by atoms with Crippen LogP contribution in [0.25, 0.3) is 0 Å². The second kappa shape index (κ2) is 7.65. The van der Waals surface area contributed by atoms with Crippen LogP contribution in [-0.4, -0.2) is 23.5 Å². The summed E-state index contributed by atoms with van der Waals surface area (Å²) < 4.78 is 0. The zero-order valence-corrected chi connectivity index (χ0v) is 15.5. The van der Waals surface area contributed by atoms with E-state index in [1.165, 1.54) is 0 Å². The quantitative estimate of drug-likeness (QED) is 0.678. The van der Waals surface area contributed by atoms with Gasteiger partial charge in [-0.1, -0.05) is 5.92 Å². The van der Waals surface area contributed by atoms with Crippen molar-refractivity contribution in [2.24, 2.45) is 5.92 Å². The number of ketones is 2. The number of Topliss-reactive ketones (excluding diaryl/α,β-unsaturated/α-hetero) is 2. The van der Waals surface area contributed by atoms with E-state index in [1.807, 2.05) is 39.8 Å². The van der Waals surface area contributed by atoms with Crippen LogP contribution >= 0.6 is 0 Å². The van der Waals surface area contributed by atoms with Gasteiger partial charge < -0.3 is 5.32 Å². The number of carbonyl (C=O) groups excluding carboxylic acids is 3. The van der Waals surface area contributed by atoms with Gasteiger partial charge in [0.15, 0.2) is 5.78 Å². The number of hydrogen-bond acceptors (Lipinski definition) is 3.